The van der Waals surface area contributed by atoms with Gasteiger partial charge in [0.1, 0.15) is 12.4 Å². The van der Waals surface area contributed by atoms with Crippen molar-refractivity contribution in [1.29, 1.82) is 0 Å². The predicted octanol–water partition coefficient (Wildman–Crippen LogP) is 1.11. The molecule has 0 aliphatic carbocycles. The predicted molar refractivity (Wildman–Crippen MR) is 104 cm³/mol. The fourth-order valence-electron chi connectivity index (χ4n) is 3.25. The number of aromatic nitrogens is 7. The second-order valence-corrected chi connectivity index (χ2v) is 7.27. The van der Waals surface area contributed by atoms with E-state index in [2.05, 4.69) is 25.9 Å². The molecule has 0 bridgehead atoms. The topological polar surface area (TPSA) is 113 Å². The van der Waals surface area contributed by atoms with E-state index in [1.807, 2.05) is 18.4 Å². The summed E-state index contributed by atoms with van der Waals surface area (Å²) in [7, 11) is 0. The Bertz CT molecular complexity index is 1050. The Balaban J connectivity index is 1.49. The SMILES string of the molecule is CSc1nnnn1-c1cccc(NC(=O)Cn2nc3n(c2=O)CCCCC3)c1. The van der Waals surface area contributed by atoms with Gasteiger partial charge in [-0.25, -0.2) is 9.48 Å². The molecule has 10 nitrogen and oxygen atoms in total. The summed E-state index contributed by atoms with van der Waals surface area (Å²) in [6, 6.07) is 7.21. The van der Waals surface area contributed by atoms with Crippen LogP contribution < -0.4 is 11.0 Å². The number of carbonyl (C=O) groups is 1. The molecule has 0 spiro atoms. The third-order valence-corrected chi connectivity index (χ3v) is 5.19. The van der Waals surface area contributed by atoms with Gasteiger partial charge in [-0.05, 0) is 47.7 Å². The molecular formula is C17H20N8O2S. The van der Waals surface area contributed by atoms with E-state index in [-0.39, 0.29) is 18.1 Å². The van der Waals surface area contributed by atoms with Gasteiger partial charge in [0.15, 0.2) is 0 Å². The van der Waals surface area contributed by atoms with Gasteiger partial charge in [-0.3, -0.25) is 9.36 Å². The fourth-order valence-corrected chi connectivity index (χ4v) is 3.68. The lowest BCUT2D eigenvalue weighted by atomic mass is 10.2. The lowest BCUT2D eigenvalue weighted by molar-refractivity contribution is -0.117. The summed E-state index contributed by atoms with van der Waals surface area (Å²) in [5.41, 5.74) is 1.11. The summed E-state index contributed by atoms with van der Waals surface area (Å²) in [5.74, 6) is 0.454. The first-order chi connectivity index (χ1) is 13.7. The second kappa shape index (κ2) is 7.97. The van der Waals surface area contributed by atoms with Crippen LogP contribution in [0.15, 0.2) is 34.2 Å². The van der Waals surface area contributed by atoms with Crippen molar-refractivity contribution in [2.45, 2.75) is 43.9 Å². The van der Waals surface area contributed by atoms with Crippen molar-refractivity contribution in [2.24, 2.45) is 0 Å². The molecule has 0 fully saturated rings. The summed E-state index contributed by atoms with van der Waals surface area (Å²) in [6.45, 7) is 0.547. The highest BCUT2D eigenvalue weighted by molar-refractivity contribution is 7.98. The van der Waals surface area contributed by atoms with Gasteiger partial charge >= 0.3 is 5.69 Å². The van der Waals surface area contributed by atoms with Crippen LogP contribution in [0.1, 0.15) is 25.1 Å². The maximum absolute atomic E-state index is 12.5. The molecule has 1 aliphatic rings. The first-order valence-electron chi connectivity index (χ1n) is 9.05. The number of hydrogen-bond acceptors (Lipinski definition) is 7. The Hall–Kier alpha value is -2.95. The minimum Gasteiger partial charge on any atom is -0.324 e. The number of rotatable bonds is 5. The molecule has 0 atom stereocenters. The standard InChI is InChI=1S/C17H20N8O2S/c1-28-16-19-21-22-25(16)13-7-5-6-12(10-13)18-15(26)11-24-17(27)23-9-4-2-3-8-14(23)20-24/h5-7,10H,2-4,8-9,11H2,1H3,(H,18,26). The van der Waals surface area contributed by atoms with Crippen molar-refractivity contribution in [1.82, 2.24) is 34.6 Å². The zero-order valence-electron chi connectivity index (χ0n) is 15.4. The molecule has 0 radical (unpaired) electrons. The number of amides is 1. The Morgan fingerprint density at radius 2 is 2.18 bits per heavy atom. The molecule has 4 rings (SSSR count). The van der Waals surface area contributed by atoms with E-state index in [9.17, 15) is 9.59 Å². The van der Waals surface area contributed by atoms with Gasteiger partial charge in [0.25, 0.3) is 0 Å². The van der Waals surface area contributed by atoms with Crippen LogP contribution in [-0.4, -0.2) is 46.7 Å². The molecule has 1 aromatic carbocycles. The summed E-state index contributed by atoms with van der Waals surface area (Å²) >= 11 is 1.43. The molecule has 1 N–H and O–H groups in total. The summed E-state index contributed by atoms with van der Waals surface area (Å²) < 4.78 is 4.52. The van der Waals surface area contributed by atoms with Crippen LogP contribution in [-0.2, 0) is 24.3 Å². The van der Waals surface area contributed by atoms with Crippen molar-refractivity contribution in [2.75, 3.05) is 11.6 Å². The van der Waals surface area contributed by atoms with Crippen LogP contribution in [0.3, 0.4) is 0 Å². The molecule has 11 heteroatoms. The summed E-state index contributed by atoms with van der Waals surface area (Å²) in [6.07, 6.45) is 5.74. The highest BCUT2D eigenvalue weighted by Crippen LogP contribution is 2.18. The zero-order valence-corrected chi connectivity index (χ0v) is 16.2. The molecule has 146 valence electrons. The number of fused-ring (bicyclic) bond motifs is 1. The van der Waals surface area contributed by atoms with Crippen molar-refractivity contribution in [3.8, 4) is 5.69 Å². The molecule has 0 saturated carbocycles. The number of aryl methyl sites for hydroxylation is 1. The normalized spacial score (nSPS) is 13.8. The van der Waals surface area contributed by atoms with Gasteiger partial charge in [-0.2, -0.15) is 9.78 Å². The monoisotopic (exact) mass is 400 g/mol. The minimum atomic E-state index is -0.311. The Kier molecular flexibility index (Phi) is 5.24. The van der Waals surface area contributed by atoms with E-state index in [0.717, 1.165) is 37.2 Å². The maximum Gasteiger partial charge on any atom is 0.346 e. The van der Waals surface area contributed by atoms with Crippen LogP contribution >= 0.6 is 11.8 Å². The average Bonchev–Trinajstić information content (AvgIpc) is 3.19. The molecule has 28 heavy (non-hydrogen) atoms. The largest absolute Gasteiger partial charge is 0.346 e. The van der Waals surface area contributed by atoms with E-state index >= 15 is 0 Å². The smallest absolute Gasteiger partial charge is 0.324 e. The number of hydrogen-bond donors (Lipinski definition) is 1. The lowest BCUT2D eigenvalue weighted by Crippen LogP contribution is -2.30. The molecule has 3 aromatic rings. The number of nitrogens with one attached hydrogen (secondary N) is 1. The van der Waals surface area contributed by atoms with Gasteiger partial charge in [0.2, 0.25) is 11.1 Å². The van der Waals surface area contributed by atoms with Crippen molar-refractivity contribution < 1.29 is 4.79 Å². The average molecular weight is 400 g/mol. The second-order valence-electron chi connectivity index (χ2n) is 6.49. The number of nitrogens with zero attached hydrogens (tertiary/aromatic N) is 7. The van der Waals surface area contributed by atoms with Crippen LogP contribution in [0, 0.1) is 0 Å². The third kappa shape index (κ3) is 3.70. The zero-order chi connectivity index (χ0) is 19.5. The number of carbonyl (C=O) groups excluding carboxylic acids is 1. The highest BCUT2D eigenvalue weighted by Gasteiger charge is 2.17. The third-order valence-electron chi connectivity index (χ3n) is 4.57. The van der Waals surface area contributed by atoms with Gasteiger partial charge < -0.3 is 5.32 Å². The van der Waals surface area contributed by atoms with Crippen LogP contribution in [0.5, 0.6) is 0 Å². The Morgan fingerprint density at radius 3 is 3.04 bits per heavy atom. The summed E-state index contributed by atoms with van der Waals surface area (Å²) in [5, 5.41) is 19.4. The molecule has 3 heterocycles. The minimum absolute atomic E-state index is 0.121. The fraction of sp³-hybridized carbons (Fsp3) is 0.412. The van der Waals surface area contributed by atoms with Gasteiger partial charge in [-0.15, -0.1) is 5.10 Å². The van der Waals surface area contributed by atoms with E-state index in [1.165, 1.54) is 16.4 Å². The number of anilines is 1. The van der Waals surface area contributed by atoms with Gasteiger partial charge in [0.05, 0.1) is 5.69 Å². The number of benzene rings is 1. The number of tetrazole rings is 1. The Labute approximate surface area is 164 Å². The van der Waals surface area contributed by atoms with Gasteiger partial charge in [0, 0.05) is 18.7 Å². The van der Waals surface area contributed by atoms with E-state index in [0.29, 0.717) is 17.4 Å². The van der Waals surface area contributed by atoms with Crippen molar-refractivity contribution in [3.05, 3.63) is 40.6 Å². The molecule has 2 aromatic heterocycles. The summed E-state index contributed by atoms with van der Waals surface area (Å²) in [4.78, 5) is 25.0. The quantitative estimate of drug-likeness (QED) is 0.638. The van der Waals surface area contributed by atoms with E-state index < -0.39 is 0 Å². The van der Waals surface area contributed by atoms with Crippen LogP contribution in [0.2, 0.25) is 0 Å². The van der Waals surface area contributed by atoms with E-state index in [4.69, 9.17) is 0 Å². The number of thioether (sulfide) groups is 1. The van der Waals surface area contributed by atoms with Gasteiger partial charge in [-0.1, -0.05) is 24.2 Å². The van der Waals surface area contributed by atoms with Crippen molar-refractivity contribution in [3.63, 3.8) is 0 Å². The first-order valence-corrected chi connectivity index (χ1v) is 10.3. The van der Waals surface area contributed by atoms with Crippen LogP contribution in [0.25, 0.3) is 5.69 Å². The molecule has 1 amide bonds. The molecule has 1 aliphatic heterocycles. The highest BCUT2D eigenvalue weighted by atomic mass is 32.2. The van der Waals surface area contributed by atoms with Crippen molar-refractivity contribution >= 4 is 23.4 Å². The Morgan fingerprint density at radius 1 is 1.29 bits per heavy atom. The van der Waals surface area contributed by atoms with Crippen LogP contribution in [0.4, 0.5) is 5.69 Å². The lowest BCUT2D eigenvalue weighted by Gasteiger charge is -2.08. The van der Waals surface area contributed by atoms with E-state index in [1.54, 1.807) is 21.4 Å². The first kappa shape index (κ1) is 18.4. The molecular weight excluding hydrogens is 380 g/mol. The molecule has 0 saturated heterocycles. The maximum atomic E-state index is 12.5. The molecule has 0 unspecified atom stereocenters.